The monoisotopic (exact) mass is 450 g/mol. The van der Waals surface area contributed by atoms with Crippen molar-refractivity contribution in [3.05, 3.63) is 0 Å². The third-order valence-corrected chi connectivity index (χ3v) is 3.35. The summed E-state index contributed by atoms with van der Waals surface area (Å²) in [7, 11) is 0. The van der Waals surface area contributed by atoms with E-state index < -0.39 is 17.9 Å². The third kappa shape index (κ3) is 74.3. The van der Waals surface area contributed by atoms with Crippen LogP contribution in [0.5, 0.6) is 0 Å². The van der Waals surface area contributed by atoms with E-state index in [0.29, 0.717) is 0 Å². The Morgan fingerprint density at radius 3 is 1.00 bits per heavy atom. The largest absolute Gasteiger partial charge is 0.480 e. The Bertz CT molecular complexity index is 310. The quantitative estimate of drug-likeness (QED) is 0.124. The zero-order valence-electron chi connectivity index (χ0n) is 18.1. The van der Waals surface area contributed by atoms with Crippen LogP contribution in [-0.2, 0) is 14.4 Å². The topological polar surface area (TPSA) is 190 Å². The number of rotatable bonds is 13. The van der Waals surface area contributed by atoms with Gasteiger partial charge in [-0.15, -0.1) is 0 Å². The molecule has 0 amide bonds. The summed E-state index contributed by atoms with van der Waals surface area (Å²) < 4.78 is 0. The molecule has 1 radical (unpaired) electrons. The van der Waals surface area contributed by atoms with Gasteiger partial charge in [0.1, 0.15) is 0 Å². The van der Waals surface area contributed by atoms with Crippen LogP contribution < -0.4 is 17.2 Å². The molecule has 0 aliphatic heterocycles. The molecule has 0 rings (SSSR count). The van der Waals surface area contributed by atoms with Crippen molar-refractivity contribution in [2.45, 2.75) is 71.1 Å². The fourth-order valence-corrected chi connectivity index (χ4v) is 1.82. The van der Waals surface area contributed by atoms with Crippen LogP contribution in [0.2, 0.25) is 0 Å². The van der Waals surface area contributed by atoms with Crippen LogP contribution in [0.15, 0.2) is 0 Å². The summed E-state index contributed by atoms with van der Waals surface area (Å²) in [4.78, 5) is 27.7. The van der Waals surface area contributed by atoms with E-state index in [2.05, 4.69) is 36.8 Å². The van der Waals surface area contributed by atoms with Crippen molar-refractivity contribution in [3.8, 4) is 0 Å². The Hall–Kier alpha value is -0.360. The minimum atomic E-state index is -0.968. The molecular weight excluding hydrogens is 409 g/mol. The molecule has 0 aromatic rings. The van der Waals surface area contributed by atoms with Crippen molar-refractivity contribution in [3.63, 3.8) is 0 Å². The van der Waals surface area contributed by atoms with Crippen LogP contribution in [0, 0.1) is 0 Å². The van der Waals surface area contributed by atoms with Crippen LogP contribution in [0.4, 0.5) is 0 Å². The first-order valence-corrected chi connectivity index (χ1v) is 10.2. The Balaban J connectivity index is -0.0000001000. The van der Waals surface area contributed by atoms with Gasteiger partial charge in [-0.05, 0) is 12.2 Å². The molecule has 29 heavy (non-hydrogen) atoms. The predicted octanol–water partition coefficient (Wildman–Crippen LogP) is 1.55. The van der Waals surface area contributed by atoms with E-state index in [1.807, 2.05) is 0 Å². The summed E-state index contributed by atoms with van der Waals surface area (Å²) in [6.45, 7) is 1.44. The van der Waals surface area contributed by atoms with Crippen LogP contribution in [0.25, 0.3) is 0 Å². The second kappa shape index (κ2) is 38.3. The van der Waals surface area contributed by atoms with Crippen LogP contribution in [-0.4, -0.2) is 88.2 Å². The van der Waals surface area contributed by atoms with E-state index in [0.717, 1.165) is 5.75 Å². The van der Waals surface area contributed by atoms with Gasteiger partial charge in [-0.25, -0.2) is 0 Å². The van der Waals surface area contributed by atoms with E-state index >= 15 is 0 Å². The average molecular weight is 451 g/mol. The number of unbranched alkanes of at least 4 members (excludes halogenated alkanes) is 9. The maximum Gasteiger partial charge on any atom is 0.317 e. The van der Waals surface area contributed by atoms with Crippen molar-refractivity contribution >= 4 is 60.1 Å². The second-order valence-corrected chi connectivity index (χ2v) is 6.15. The van der Waals surface area contributed by atoms with Gasteiger partial charge >= 0.3 is 17.9 Å². The molecule has 0 spiro atoms. The number of thiol groups is 1. The fourth-order valence-electron chi connectivity index (χ4n) is 1.60. The zero-order valence-corrected chi connectivity index (χ0v) is 21.0. The van der Waals surface area contributed by atoms with Gasteiger partial charge in [0.2, 0.25) is 0 Å². The second-order valence-electron chi connectivity index (χ2n) is 5.70. The predicted molar refractivity (Wildman–Crippen MR) is 122 cm³/mol. The molecule has 171 valence electrons. The molecule has 0 fully saturated rings. The normalized spacial score (nSPS) is 8.59. The van der Waals surface area contributed by atoms with Crippen molar-refractivity contribution in [2.75, 3.05) is 25.4 Å². The molecule has 0 aromatic carbocycles. The molecule has 0 aliphatic rings. The molecule has 9 nitrogen and oxygen atoms in total. The SMILES string of the molecule is CCCCCCCCCCCCS.NCC(=O)O.NCC(=O)O.NCC(=O)O.[Na]. The van der Waals surface area contributed by atoms with Gasteiger partial charge in [0, 0.05) is 29.6 Å². The summed E-state index contributed by atoms with van der Waals surface area (Å²) in [5.41, 5.74) is 13.7. The van der Waals surface area contributed by atoms with Crippen molar-refractivity contribution in [2.24, 2.45) is 17.2 Å². The molecular formula is C18H41N3NaO6S. The first-order valence-electron chi connectivity index (χ1n) is 9.59. The van der Waals surface area contributed by atoms with E-state index in [4.69, 9.17) is 15.3 Å². The van der Waals surface area contributed by atoms with Gasteiger partial charge < -0.3 is 32.5 Å². The maximum absolute atomic E-state index is 9.24. The van der Waals surface area contributed by atoms with Gasteiger partial charge in [-0.1, -0.05) is 64.7 Å². The summed E-state index contributed by atoms with van der Waals surface area (Å²) in [5, 5.41) is 22.8. The van der Waals surface area contributed by atoms with Crippen LogP contribution in [0.3, 0.4) is 0 Å². The average Bonchev–Trinajstić information content (AvgIpc) is 2.68. The van der Waals surface area contributed by atoms with Crippen LogP contribution >= 0.6 is 12.6 Å². The van der Waals surface area contributed by atoms with E-state index in [9.17, 15) is 14.4 Å². The Morgan fingerprint density at radius 1 is 0.621 bits per heavy atom. The van der Waals surface area contributed by atoms with Gasteiger partial charge in [0.25, 0.3) is 0 Å². The van der Waals surface area contributed by atoms with Crippen molar-refractivity contribution in [1.29, 1.82) is 0 Å². The fraction of sp³-hybridized carbons (Fsp3) is 0.833. The number of carboxylic acids is 3. The maximum atomic E-state index is 9.24. The molecule has 0 saturated carbocycles. The van der Waals surface area contributed by atoms with Gasteiger partial charge in [0.15, 0.2) is 0 Å². The zero-order chi connectivity index (χ0) is 22.6. The molecule has 11 heteroatoms. The van der Waals surface area contributed by atoms with Gasteiger partial charge in [-0.3, -0.25) is 14.4 Å². The molecule has 0 aromatic heterocycles. The van der Waals surface area contributed by atoms with Gasteiger partial charge in [-0.2, -0.15) is 12.6 Å². The summed E-state index contributed by atoms with van der Waals surface area (Å²) in [6.07, 6.45) is 14.2. The minimum absolute atomic E-state index is 0. The van der Waals surface area contributed by atoms with E-state index in [1.54, 1.807) is 0 Å². The number of nitrogens with two attached hydrogens (primary N) is 3. The molecule has 0 atom stereocenters. The van der Waals surface area contributed by atoms with E-state index in [1.165, 1.54) is 64.2 Å². The Kier molecular flexibility index (Phi) is 51.7. The first-order chi connectivity index (χ1) is 13.2. The molecule has 9 N–H and O–H groups in total. The molecule has 0 saturated heterocycles. The van der Waals surface area contributed by atoms with E-state index in [-0.39, 0.29) is 49.2 Å². The standard InChI is InChI=1S/C12H26S.3C2H5NO2.Na/c1-2-3-4-5-6-7-8-9-10-11-12-13;3*3-1-2(4)5;/h13H,2-12H2,1H3;3*1,3H2,(H,4,5);. The smallest absolute Gasteiger partial charge is 0.317 e. The minimum Gasteiger partial charge on any atom is -0.480 e. The summed E-state index contributed by atoms with van der Waals surface area (Å²) >= 11 is 4.20. The summed E-state index contributed by atoms with van der Waals surface area (Å²) in [5.74, 6) is -1.84. The molecule has 0 unspecified atom stereocenters. The Morgan fingerprint density at radius 2 is 0.828 bits per heavy atom. The van der Waals surface area contributed by atoms with Crippen molar-refractivity contribution < 1.29 is 29.7 Å². The number of hydrogen-bond donors (Lipinski definition) is 7. The third-order valence-electron chi connectivity index (χ3n) is 3.04. The number of hydrogen-bond acceptors (Lipinski definition) is 7. The van der Waals surface area contributed by atoms with Crippen LogP contribution in [0.1, 0.15) is 71.1 Å². The van der Waals surface area contributed by atoms with Crippen molar-refractivity contribution in [1.82, 2.24) is 0 Å². The Labute approximate surface area is 202 Å². The molecule has 0 heterocycles. The molecule has 0 aliphatic carbocycles. The summed E-state index contributed by atoms with van der Waals surface area (Å²) in [6, 6.07) is 0. The van der Waals surface area contributed by atoms with Gasteiger partial charge in [0.05, 0.1) is 19.6 Å². The molecule has 0 bridgehead atoms. The number of carbonyl (C=O) groups is 3. The number of carboxylic acid groups (broad SMARTS) is 3. The first kappa shape index (κ1) is 39.2. The number of aliphatic carboxylic acids is 3.